The summed E-state index contributed by atoms with van der Waals surface area (Å²) in [5, 5.41) is 14.0. The van der Waals surface area contributed by atoms with E-state index < -0.39 is 4.92 Å². The summed E-state index contributed by atoms with van der Waals surface area (Å²) in [7, 11) is 0. The van der Waals surface area contributed by atoms with Crippen LogP contribution in [0.2, 0.25) is 0 Å². The van der Waals surface area contributed by atoms with Gasteiger partial charge in [0.15, 0.2) is 0 Å². The molecule has 0 radical (unpaired) electrons. The molecule has 0 saturated carbocycles. The number of nitro groups is 1. The summed E-state index contributed by atoms with van der Waals surface area (Å²) < 4.78 is 1.53. The molecule has 0 saturated heterocycles. The SMILES string of the molecule is CC(CCl)Cn1ccc([N+](=O)[O-])n1. The number of hydrogen-bond donors (Lipinski definition) is 0. The molecule has 6 heteroatoms. The summed E-state index contributed by atoms with van der Waals surface area (Å²) in [4.78, 5) is 9.76. The van der Waals surface area contributed by atoms with E-state index >= 15 is 0 Å². The average Bonchev–Trinajstić information content (AvgIpc) is 2.52. The van der Waals surface area contributed by atoms with E-state index in [0.717, 1.165) is 0 Å². The fraction of sp³-hybridized carbons (Fsp3) is 0.571. The van der Waals surface area contributed by atoms with E-state index in [0.29, 0.717) is 12.4 Å². The van der Waals surface area contributed by atoms with Crippen LogP contribution in [0, 0.1) is 16.0 Å². The van der Waals surface area contributed by atoms with Crippen LogP contribution in [0.3, 0.4) is 0 Å². The van der Waals surface area contributed by atoms with E-state index in [-0.39, 0.29) is 11.7 Å². The zero-order valence-corrected chi connectivity index (χ0v) is 7.94. The second-order valence-corrected chi connectivity index (χ2v) is 3.22. The predicted molar refractivity (Wildman–Crippen MR) is 48.8 cm³/mol. The molecule has 0 bridgehead atoms. The number of aromatic nitrogens is 2. The predicted octanol–water partition coefficient (Wildman–Crippen LogP) is 1.67. The van der Waals surface area contributed by atoms with Crippen molar-refractivity contribution < 1.29 is 4.92 Å². The van der Waals surface area contributed by atoms with Crippen LogP contribution in [0.15, 0.2) is 12.3 Å². The summed E-state index contributed by atoms with van der Waals surface area (Å²) in [6.45, 7) is 2.57. The Kier molecular flexibility index (Phi) is 3.25. The molecular weight excluding hydrogens is 194 g/mol. The summed E-state index contributed by atoms with van der Waals surface area (Å²) >= 11 is 5.60. The van der Waals surface area contributed by atoms with Crippen molar-refractivity contribution in [1.82, 2.24) is 9.78 Å². The zero-order chi connectivity index (χ0) is 9.84. The first-order valence-electron chi connectivity index (χ1n) is 3.87. The summed E-state index contributed by atoms with van der Waals surface area (Å²) in [5.74, 6) is 0.663. The smallest absolute Gasteiger partial charge is 0.358 e. The maximum atomic E-state index is 10.3. The lowest BCUT2D eigenvalue weighted by Crippen LogP contribution is -2.09. The van der Waals surface area contributed by atoms with Crippen LogP contribution < -0.4 is 0 Å². The highest BCUT2D eigenvalue weighted by molar-refractivity contribution is 6.18. The van der Waals surface area contributed by atoms with Gasteiger partial charge in [-0.3, -0.25) is 0 Å². The summed E-state index contributed by atoms with van der Waals surface area (Å²) in [5.41, 5.74) is 0. The lowest BCUT2D eigenvalue weighted by Gasteiger charge is -2.02. The molecule has 0 N–H and O–H groups in total. The quantitative estimate of drug-likeness (QED) is 0.425. The number of hydrogen-bond acceptors (Lipinski definition) is 3. The van der Waals surface area contributed by atoms with Gasteiger partial charge in [-0.2, -0.15) is 4.68 Å². The van der Waals surface area contributed by atoms with Crippen LogP contribution >= 0.6 is 11.6 Å². The van der Waals surface area contributed by atoms with Gasteiger partial charge in [0, 0.05) is 5.88 Å². The van der Waals surface area contributed by atoms with Crippen LogP contribution in [-0.2, 0) is 6.54 Å². The first kappa shape index (κ1) is 9.98. The van der Waals surface area contributed by atoms with Crippen molar-refractivity contribution in [2.45, 2.75) is 13.5 Å². The van der Waals surface area contributed by atoms with Gasteiger partial charge >= 0.3 is 5.82 Å². The molecular formula is C7H10ClN3O2. The van der Waals surface area contributed by atoms with Crippen molar-refractivity contribution in [3.8, 4) is 0 Å². The molecule has 0 aromatic carbocycles. The molecule has 0 fully saturated rings. The highest BCUT2D eigenvalue weighted by Gasteiger charge is 2.12. The Bertz CT molecular complexity index is 300. The Hall–Kier alpha value is -1.10. The molecule has 5 nitrogen and oxygen atoms in total. The highest BCUT2D eigenvalue weighted by atomic mass is 35.5. The van der Waals surface area contributed by atoms with E-state index in [9.17, 15) is 10.1 Å². The number of halogens is 1. The number of alkyl halides is 1. The van der Waals surface area contributed by atoms with Crippen LogP contribution in [-0.4, -0.2) is 20.6 Å². The Balaban J connectivity index is 2.64. The van der Waals surface area contributed by atoms with Gasteiger partial charge in [0.05, 0.1) is 23.9 Å². The highest BCUT2D eigenvalue weighted by Crippen LogP contribution is 2.08. The van der Waals surface area contributed by atoms with Crippen molar-refractivity contribution in [3.63, 3.8) is 0 Å². The maximum absolute atomic E-state index is 10.3. The minimum Gasteiger partial charge on any atom is -0.358 e. The second-order valence-electron chi connectivity index (χ2n) is 2.91. The molecule has 1 unspecified atom stereocenters. The Morgan fingerprint density at radius 1 is 1.85 bits per heavy atom. The van der Waals surface area contributed by atoms with Crippen LogP contribution in [0.1, 0.15) is 6.92 Å². The molecule has 0 aliphatic heterocycles. The first-order chi connectivity index (χ1) is 6.13. The Morgan fingerprint density at radius 3 is 3.00 bits per heavy atom. The van der Waals surface area contributed by atoms with Crippen molar-refractivity contribution in [2.75, 3.05) is 5.88 Å². The van der Waals surface area contributed by atoms with Gasteiger partial charge < -0.3 is 10.1 Å². The van der Waals surface area contributed by atoms with Crippen LogP contribution in [0.4, 0.5) is 5.82 Å². The van der Waals surface area contributed by atoms with E-state index in [1.165, 1.54) is 10.7 Å². The molecule has 1 heterocycles. The third-order valence-electron chi connectivity index (χ3n) is 1.58. The standard InChI is InChI=1S/C7H10ClN3O2/c1-6(4-8)5-10-3-2-7(9-10)11(12)13/h2-3,6H,4-5H2,1H3. The number of nitrogens with zero attached hydrogens (tertiary/aromatic N) is 3. The largest absolute Gasteiger partial charge is 0.389 e. The van der Waals surface area contributed by atoms with Gasteiger partial charge in [-0.1, -0.05) is 6.92 Å². The fourth-order valence-corrected chi connectivity index (χ4v) is 1.02. The van der Waals surface area contributed by atoms with Crippen molar-refractivity contribution in [1.29, 1.82) is 0 Å². The van der Waals surface area contributed by atoms with E-state index in [2.05, 4.69) is 5.10 Å². The Morgan fingerprint density at radius 2 is 2.54 bits per heavy atom. The topological polar surface area (TPSA) is 61.0 Å². The van der Waals surface area contributed by atoms with E-state index in [4.69, 9.17) is 11.6 Å². The normalized spacial score (nSPS) is 12.8. The molecule has 1 atom stereocenters. The van der Waals surface area contributed by atoms with E-state index in [1.807, 2.05) is 6.92 Å². The van der Waals surface area contributed by atoms with Crippen molar-refractivity contribution in [3.05, 3.63) is 22.4 Å². The van der Waals surface area contributed by atoms with E-state index in [1.54, 1.807) is 6.20 Å². The minimum absolute atomic E-state index is 0.123. The third-order valence-corrected chi connectivity index (χ3v) is 2.10. The molecule has 0 spiro atoms. The first-order valence-corrected chi connectivity index (χ1v) is 4.40. The molecule has 0 amide bonds. The zero-order valence-electron chi connectivity index (χ0n) is 7.18. The van der Waals surface area contributed by atoms with Gasteiger partial charge in [-0.15, -0.1) is 11.6 Å². The fourth-order valence-electron chi connectivity index (χ4n) is 0.918. The van der Waals surface area contributed by atoms with Gasteiger partial charge in [0.25, 0.3) is 0 Å². The van der Waals surface area contributed by atoms with Gasteiger partial charge in [0.1, 0.15) is 0 Å². The number of rotatable bonds is 4. The molecule has 13 heavy (non-hydrogen) atoms. The summed E-state index contributed by atoms with van der Waals surface area (Å²) in [6.07, 6.45) is 1.58. The molecule has 1 aromatic heterocycles. The van der Waals surface area contributed by atoms with Gasteiger partial charge in [-0.05, 0) is 10.8 Å². The third kappa shape index (κ3) is 2.69. The average molecular weight is 204 g/mol. The molecule has 1 aromatic rings. The van der Waals surface area contributed by atoms with Crippen molar-refractivity contribution in [2.24, 2.45) is 5.92 Å². The lowest BCUT2D eigenvalue weighted by atomic mass is 10.2. The van der Waals surface area contributed by atoms with Crippen molar-refractivity contribution >= 4 is 17.4 Å². The second kappa shape index (κ2) is 4.23. The molecule has 1 rings (SSSR count). The van der Waals surface area contributed by atoms with Crippen LogP contribution in [0.5, 0.6) is 0 Å². The lowest BCUT2D eigenvalue weighted by molar-refractivity contribution is -0.389. The molecule has 0 aliphatic rings. The van der Waals surface area contributed by atoms with Gasteiger partial charge in [-0.25, -0.2) is 0 Å². The van der Waals surface area contributed by atoms with Gasteiger partial charge in [0.2, 0.25) is 0 Å². The van der Waals surface area contributed by atoms with Crippen LogP contribution in [0.25, 0.3) is 0 Å². The summed E-state index contributed by atoms with van der Waals surface area (Å²) in [6, 6.07) is 1.38. The Labute approximate surface area is 80.5 Å². The maximum Gasteiger partial charge on any atom is 0.389 e. The minimum atomic E-state index is -0.512. The molecule has 0 aliphatic carbocycles. The monoisotopic (exact) mass is 203 g/mol. The molecule has 72 valence electrons.